The molecule has 0 aliphatic heterocycles. The molecule has 1 fully saturated rings. The van der Waals surface area contributed by atoms with Gasteiger partial charge in [-0.3, -0.25) is 0 Å². The molecule has 1 aliphatic carbocycles. The average molecular weight is 184 g/mol. The number of anilines is 2. The zero-order valence-corrected chi connectivity index (χ0v) is 7.30. The highest BCUT2D eigenvalue weighted by atomic mass is 35.5. The van der Waals surface area contributed by atoms with Gasteiger partial charge in [0.2, 0.25) is 0 Å². The summed E-state index contributed by atoms with van der Waals surface area (Å²) in [6.45, 7) is 0. The van der Waals surface area contributed by atoms with Crippen molar-refractivity contribution in [3.05, 3.63) is 17.3 Å². The molecule has 1 aliphatic rings. The second-order valence-corrected chi connectivity index (χ2v) is 3.38. The fourth-order valence-corrected chi connectivity index (χ4v) is 1.13. The maximum absolute atomic E-state index is 5.71. The summed E-state index contributed by atoms with van der Waals surface area (Å²) in [4.78, 5) is 4.08. The van der Waals surface area contributed by atoms with E-state index in [0.717, 1.165) is 0 Å². The number of nitrogens with zero attached hydrogens (tertiary/aromatic N) is 1. The van der Waals surface area contributed by atoms with E-state index in [1.807, 2.05) is 0 Å². The van der Waals surface area contributed by atoms with Crippen molar-refractivity contribution in [1.29, 1.82) is 0 Å². The quantitative estimate of drug-likeness (QED) is 0.689. The first kappa shape index (κ1) is 7.68. The van der Waals surface area contributed by atoms with Crippen molar-refractivity contribution in [3.8, 4) is 0 Å². The first-order valence-corrected chi connectivity index (χ1v) is 4.32. The molecule has 0 radical (unpaired) electrons. The summed E-state index contributed by atoms with van der Waals surface area (Å²) >= 11 is 5.71. The Hall–Kier alpha value is -0.960. The minimum Gasteiger partial charge on any atom is -0.396 e. The molecule has 64 valence electrons. The molecule has 0 aromatic carbocycles. The van der Waals surface area contributed by atoms with E-state index in [1.54, 1.807) is 12.1 Å². The molecule has 0 spiro atoms. The van der Waals surface area contributed by atoms with E-state index in [4.69, 9.17) is 17.3 Å². The number of rotatable bonds is 2. The zero-order valence-electron chi connectivity index (χ0n) is 6.55. The summed E-state index contributed by atoms with van der Waals surface area (Å²) in [6.07, 6.45) is 2.40. The molecule has 4 heteroatoms. The van der Waals surface area contributed by atoms with Crippen LogP contribution in [-0.4, -0.2) is 11.0 Å². The molecule has 1 aromatic heterocycles. The Morgan fingerprint density at radius 1 is 1.50 bits per heavy atom. The highest BCUT2D eigenvalue weighted by Gasteiger charge is 2.22. The van der Waals surface area contributed by atoms with Crippen LogP contribution in [0.5, 0.6) is 0 Å². The molecule has 3 nitrogen and oxygen atoms in total. The zero-order chi connectivity index (χ0) is 8.55. The highest BCUT2D eigenvalue weighted by Crippen LogP contribution is 2.27. The monoisotopic (exact) mass is 183 g/mol. The van der Waals surface area contributed by atoms with Gasteiger partial charge in [0.1, 0.15) is 5.15 Å². The van der Waals surface area contributed by atoms with E-state index in [1.165, 1.54) is 12.8 Å². The second-order valence-electron chi connectivity index (χ2n) is 2.99. The van der Waals surface area contributed by atoms with Gasteiger partial charge in [-0.2, -0.15) is 0 Å². The summed E-state index contributed by atoms with van der Waals surface area (Å²) in [5.74, 6) is 0.713. The molecule has 1 saturated carbocycles. The van der Waals surface area contributed by atoms with Crippen molar-refractivity contribution in [2.75, 3.05) is 11.1 Å². The van der Waals surface area contributed by atoms with Crippen LogP contribution in [0.3, 0.4) is 0 Å². The molecule has 3 N–H and O–H groups in total. The van der Waals surface area contributed by atoms with Crippen molar-refractivity contribution in [1.82, 2.24) is 4.98 Å². The fourth-order valence-electron chi connectivity index (χ4n) is 0.983. The Labute approximate surface area is 75.9 Å². The van der Waals surface area contributed by atoms with Crippen LogP contribution in [0.2, 0.25) is 5.15 Å². The highest BCUT2D eigenvalue weighted by molar-refractivity contribution is 6.29. The summed E-state index contributed by atoms with van der Waals surface area (Å²) in [5.41, 5.74) is 6.34. The normalized spacial score (nSPS) is 16.1. The van der Waals surface area contributed by atoms with Crippen molar-refractivity contribution in [3.63, 3.8) is 0 Å². The molecule has 0 amide bonds. The number of hydrogen-bond acceptors (Lipinski definition) is 3. The summed E-state index contributed by atoms with van der Waals surface area (Å²) < 4.78 is 0. The van der Waals surface area contributed by atoms with Crippen molar-refractivity contribution < 1.29 is 0 Å². The summed E-state index contributed by atoms with van der Waals surface area (Å²) in [6, 6.07) is 4.01. The smallest absolute Gasteiger partial charge is 0.151 e. The molecule has 12 heavy (non-hydrogen) atoms. The number of hydrogen-bond donors (Lipinski definition) is 2. The number of nitrogen functional groups attached to an aromatic ring is 1. The molecule has 1 heterocycles. The van der Waals surface area contributed by atoms with Gasteiger partial charge in [0, 0.05) is 6.04 Å². The van der Waals surface area contributed by atoms with Gasteiger partial charge >= 0.3 is 0 Å². The first-order valence-electron chi connectivity index (χ1n) is 3.94. The molecule has 0 saturated heterocycles. The number of pyridine rings is 1. The Morgan fingerprint density at radius 2 is 2.25 bits per heavy atom. The lowest BCUT2D eigenvalue weighted by atomic mass is 10.4. The lowest BCUT2D eigenvalue weighted by Gasteiger charge is -2.06. The second kappa shape index (κ2) is 2.83. The van der Waals surface area contributed by atoms with E-state index in [0.29, 0.717) is 22.7 Å². The number of nitrogens with one attached hydrogen (secondary N) is 1. The first-order chi connectivity index (χ1) is 5.75. The average Bonchev–Trinajstić information content (AvgIpc) is 2.81. The minimum atomic E-state index is 0.479. The topological polar surface area (TPSA) is 50.9 Å². The van der Waals surface area contributed by atoms with Gasteiger partial charge in [0.15, 0.2) is 5.82 Å². The van der Waals surface area contributed by atoms with Crippen LogP contribution in [0.15, 0.2) is 12.1 Å². The molecule has 0 atom stereocenters. The van der Waals surface area contributed by atoms with Crippen LogP contribution < -0.4 is 11.1 Å². The van der Waals surface area contributed by atoms with Gasteiger partial charge < -0.3 is 11.1 Å². The van der Waals surface area contributed by atoms with Crippen LogP contribution in [0.25, 0.3) is 0 Å². The lowest BCUT2D eigenvalue weighted by molar-refractivity contribution is 1.12. The largest absolute Gasteiger partial charge is 0.396 e. The van der Waals surface area contributed by atoms with Gasteiger partial charge in [0.25, 0.3) is 0 Å². The van der Waals surface area contributed by atoms with E-state index < -0.39 is 0 Å². The third kappa shape index (κ3) is 1.61. The molecule has 0 unspecified atom stereocenters. The van der Waals surface area contributed by atoms with Crippen molar-refractivity contribution in [2.24, 2.45) is 0 Å². The van der Waals surface area contributed by atoms with Crippen LogP contribution in [0.4, 0.5) is 11.5 Å². The Morgan fingerprint density at radius 3 is 2.92 bits per heavy atom. The van der Waals surface area contributed by atoms with Crippen LogP contribution in [0.1, 0.15) is 12.8 Å². The Balaban J connectivity index is 2.21. The Kier molecular flexibility index (Phi) is 1.81. The van der Waals surface area contributed by atoms with Crippen molar-refractivity contribution in [2.45, 2.75) is 18.9 Å². The fraction of sp³-hybridized carbons (Fsp3) is 0.375. The van der Waals surface area contributed by atoms with Gasteiger partial charge in [-0.15, -0.1) is 0 Å². The predicted molar refractivity (Wildman–Crippen MR) is 50.3 cm³/mol. The minimum absolute atomic E-state index is 0.479. The standard InChI is InChI=1S/C8H10ClN3/c9-7-4-3-6(10)8(12-7)11-5-1-2-5/h3-5H,1-2,10H2,(H,11,12). The van der Waals surface area contributed by atoms with E-state index in [9.17, 15) is 0 Å². The maximum Gasteiger partial charge on any atom is 0.151 e. The van der Waals surface area contributed by atoms with E-state index >= 15 is 0 Å². The Bertz CT molecular complexity index is 296. The van der Waals surface area contributed by atoms with Crippen molar-refractivity contribution >= 4 is 23.1 Å². The molecule has 2 rings (SSSR count). The van der Waals surface area contributed by atoms with E-state index in [-0.39, 0.29) is 0 Å². The van der Waals surface area contributed by atoms with Gasteiger partial charge in [-0.05, 0) is 25.0 Å². The maximum atomic E-state index is 5.71. The molecular formula is C8H10ClN3. The van der Waals surface area contributed by atoms with Gasteiger partial charge in [-0.1, -0.05) is 11.6 Å². The van der Waals surface area contributed by atoms with E-state index in [2.05, 4.69) is 10.3 Å². The number of nitrogens with two attached hydrogens (primary N) is 1. The predicted octanol–water partition coefficient (Wildman–Crippen LogP) is 1.89. The summed E-state index contributed by atoms with van der Waals surface area (Å²) in [7, 11) is 0. The van der Waals surface area contributed by atoms with Crippen LogP contribution in [-0.2, 0) is 0 Å². The number of aromatic nitrogens is 1. The van der Waals surface area contributed by atoms with Gasteiger partial charge in [0.05, 0.1) is 5.69 Å². The van der Waals surface area contributed by atoms with Crippen LogP contribution in [0, 0.1) is 0 Å². The SMILES string of the molecule is Nc1ccc(Cl)nc1NC1CC1. The lowest BCUT2D eigenvalue weighted by Crippen LogP contribution is -2.05. The molecular weight excluding hydrogens is 174 g/mol. The molecule has 1 aromatic rings. The number of halogens is 1. The molecule has 0 bridgehead atoms. The van der Waals surface area contributed by atoms with Gasteiger partial charge in [-0.25, -0.2) is 4.98 Å². The third-order valence-corrected chi connectivity index (χ3v) is 2.02. The summed E-state index contributed by atoms with van der Waals surface area (Å²) in [5, 5.41) is 3.68. The van der Waals surface area contributed by atoms with Crippen LogP contribution >= 0.6 is 11.6 Å². The third-order valence-electron chi connectivity index (χ3n) is 1.81.